The Balaban J connectivity index is 2.09. The minimum absolute atomic E-state index is 0.0708. The van der Waals surface area contributed by atoms with E-state index in [4.69, 9.17) is 5.73 Å². The predicted molar refractivity (Wildman–Crippen MR) is 105 cm³/mol. The molecular weight excluding hydrogens is 363 g/mol. The number of benzene rings is 2. The number of aromatic nitrogens is 2. The molecule has 1 amide bonds. The van der Waals surface area contributed by atoms with Crippen LogP contribution in [0.5, 0.6) is 0 Å². The maximum Gasteiger partial charge on any atom is 0.330 e. The Morgan fingerprint density at radius 1 is 1.14 bits per heavy atom. The summed E-state index contributed by atoms with van der Waals surface area (Å²) < 4.78 is 14.7. The standard InChI is InChI=1S/C20H19FN4O3/c1-2-24(19(27)14-9-6-10-15(21)11-14)16-17(22)25(20(28)23-18(16)26)12-13-7-4-3-5-8-13/h3-11H,2,12,22H2,1H3,(H,23,26,28). The third kappa shape index (κ3) is 3.71. The Bertz CT molecular complexity index is 1120. The van der Waals surface area contributed by atoms with Gasteiger partial charge in [-0.1, -0.05) is 36.4 Å². The second kappa shape index (κ2) is 7.91. The number of anilines is 2. The number of carbonyl (C=O) groups excluding carboxylic acids is 1. The highest BCUT2D eigenvalue weighted by Crippen LogP contribution is 2.20. The molecule has 0 unspecified atom stereocenters. The number of aromatic amines is 1. The molecule has 0 fully saturated rings. The van der Waals surface area contributed by atoms with Gasteiger partial charge in [-0.15, -0.1) is 0 Å². The van der Waals surface area contributed by atoms with Crippen molar-refractivity contribution in [3.8, 4) is 0 Å². The molecule has 3 aromatic rings. The molecule has 0 saturated heterocycles. The van der Waals surface area contributed by atoms with Crippen LogP contribution < -0.4 is 21.9 Å². The number of H-pyrrole nitrogens is 1. The van der Waals surface area contributed by atoms with Crippen LogP contribution in [0.3, 0.4) is 0 Å². The highest BCUT2D eigenvalue weighted by molar-refractivity contribution is 6.07. The number of nitrogen functional groups attached to an aromatic ring is 1. The van der Waals surface area contributed by atoms with Crippen molar-refractivity contribution in [1.29, 1.82) is 0 Å². The van der Waals surface area contributed by atoms with Crippen LogP contribution in [0, 0.1) is 5.82 Å². The van der Waals surface area contributed by atoms with Crippen molar-refractivity contribution in [2.75, 3.05) is 17.2 Å². The molecule has 0 atom stereocenters. The maximum absolute atomic E-state index is 13.5. The summed E-state index contributed by atoms with van der Waals surface area (Å²) in [6.07, 6.45) is 0. The van der Waals surface area contributed by atoms with Gasteiger partial charge in [0.15, 0.2) is 5.69 Å². The zero-order valence-electron chi connectivity index (χ0n) is 15.2. The molecule has 0 radical (unpaired) electrons. The van der Waals surface area contributed by atoms with Gasteiger partial charge < -0.3 is 10.6 Å². The van der Waals surface area contributed by atoms with E-state index in [-0.39, 0.29) is 30.2 Å². The first-order valence-corrected chi connectivity index (χ1v) is 8.66. The zero-order valence-corrected chi connectivity index (χ0v) is 15.2. The lowest BCUT2D eigenvalue weighted by atomic mass is 10.2. The van der Waals surface area contributed by atoms with Crippen molar-refractivity contribution in [2.24, 2.45) is 0 Å². The van der Waals surface area contributed by atoms with E-state index in [1.165, 1.54) is 22.8 Å². The molecule has 0 aliphatic heterocycles. The quantitative estimate of drug-likeness (QED) is 0.704. The Hall–Kier alpha value is -3.68. The van der Waals surface area contributed by atoms with Crippen molar-refractivity contribution in [3.63, 3.8) is 0 Å². The number of halogens is 1. The fraction of sp³-hybridized carbons (Fsp3) is 0.150. The molecule has 3 rings (SSSR count). The van der Waals surface area contributed by atoms with Crippen molar-refractivity contribution < 1.29 is 9.18 Å². The lowest BCUT2D eigenvalue weighted by Gasteiger charge is -2.23. The van der Waals surface area contributed by atoms with E-state index in [9.17, 15) is 18.8 Å². The molecular formula is C20H19FN4O3. The first-order chi connectivity index (χ1) is 13.4. The number of nitrogens with one attached hydrogen (secondary N) is 1. The summed E-state index contributed by atoms with van der Waals surface area (Å²) in [6, 6.07) is 14.2. The third-order valence-corrected chi connectivity index (χ3v) is 4.30. The number of rotatable bonds is 5. The first kappa shape index (κ1) is 19.1. The van der Waals surface area contributed by atoms with Crippen molar-refractivity contribution >= 4 is 17.4 Å². The molecule has 28 heavy (non-hydrogen) atoms. The Kier molecular flexibility index (Phi) is 5.39. The number of hydrogen-bond donors (Lipinski definition) is 2. The number of hydrogen-bond acceptors (Lipinski definition) is 4. The van der Waals surface area contributed by atoms with Gasteiger partial charge in [-0.3, -0.25) is 19.1 Å². The lowest BCUT2D eigenvalue weighted by molar-refractivity contribution is 0.0987. The fourth-order valence-corrected chi connectivity index (χ4v) is 2.94. The van der Waals surface area contributed by atoms with E-state index in [1.54, 1.807) is 6.92 Å². The van der Waals surface area contributed by atoms with E-state index in [0.717, 1.165) is 16.5 Å². The van der Waals surface area contributed by atoms with Crippen LogP contribution in [0.25, 0.3) is 0 Å². The minimum atomic E-state index is -0.779. The first-order valence-electron chi connectivity index (χ1n) is 8.66. The molecule has 7 nitrogen and oxygen atoms in total. The van der Waals surface area contributed by atoms with E-state index < -0.39 is 23.0 Å². The van der Waals surface area contributed by atoms with E-state index >= 15 is 0 Å². The van der Waals surface area contributed by atoms with Gasteiger partial charge in [0.2, 0.25) is 0 Å². The maximum atomic E-state index is 13.5. The Morgan fingerprint density at radius 3 is 2.50 bits per heavy atom. The summed E-state index contributed by atoms with van der Waals surface area (Å²) in [6.45, 7) is 1.88. The smallest absolute Gasteiger partial charge is 0.330 e. The molecule has 8 heteroatoms. The largest absolute Gasteiger partial charge is 0.383 e. The molecule has 3 N–H and O–H groups in total. The van der Waals surface area contributed by atoms with Crippen molar-refractivity contribution in [2.45, 2.75) is 13.5 Å². The van der Waals surface area contributed by atoms with Gasteiger partial charge in [-0.05, 0) is 30.7 Å². The van der Waals surface area contributed by atoms with Crippen LogP contribution >= 0.6 is 0 Å². The average Bonchev–Trinajstić information content (AvgIpc) is 2.68. The summed E-state index contributed by atoms with van der Waals surface area (Å²) in [4.78, 5) is 40.9. The SMILES string of the molecule is CCN(C(=O)c1cccc(F)c1)c1c(N)n(Cc2ccccc2)c(=O)[nH]c1=O. The number of nitrogens with two attached hydrogens (primary N) is 1. The van der Waals surface area contributed by atoms with Gasteiger partial charge in [0.1, 0.15) is 11.6 Å². The van der Waals surface area contributed by atoms with Crippen LogP contribution in [-0.2, 0) is 6.54 Å². The van der Waals surface area contributed by atoms with Gasteiger partial charge >= 0.3 is 5.69 Å². The van der Waals surface area contributed by atoms with Gasteiger partial charge in [0.25, 0.3) is 11.5 Å². The second-order valence-electron chi connectivity index (χ2n) is 6.12. The normalized spacial score (nSPS) is 10.6. The Morgan fingerprint density at radius 2 is 1.86 bits per heavy atom. The lowest BCUT2D eigenvalue weighted by Crippen LogP contribution is -2.41. The molecule has 0 aliphatic rings. The highest BCUT2D eigenvalue weighted by Gasteiger charge is 2.24. The van der Waals surface area contributed by atoms with Gasteiger partial charge in [-0.25, -0.2) is 9.18 Å². The molecule has 1 heterocycles. The minimum Gasteiger partial charge on any atom is -0.383 e. The molecule has 144 valence electrons. The van der Waals surface area contributed by atoms with Crippen LogP contribution in [-0.4, -0.2) is 22.0 Å². The number of amides is 1. The third-order valence-electron chi connectivity index (χ3n) is 4.30. The summed E-state index contributed by atoms with van der Waals surface area (Å²) in [5, 5.41) is 0. The molecule has 2 aromatic carbocycles. The van der Waals surface area contributed by atoms with Crippen LogP contribution in [0.4, 0.5) is 15.9 Å². The van der Waals surface area contributed by atoms with Crippen LogP contribution in [0.2, 0.25) is 0 Å². The van der Waals surface area contributed by atoms with Crippen LogP contribution in [0.1, 0.15) is 22.8 Å². The van der Waals surface area contributed by atoms with Gasteiger partial charge in [0.05, 0.1) is 6.54 Å². The summed E-state index contributed by atoms with van der Waals surface area (Å²) in [5.41, 5.74) is 5.40. The van der Waals surface area contributed by atoms with E-state index in [0.29, 0.717) is 0 Å². The molecule has 0 spiro atoms. The topological polar surface area (TPSA) is 101 Å². The molecule has 0 bridgehead atoms. The molecule has 0 aliphatic carbocycles. The number of nitrogens with zero attached hydrogens (tertiary/aromatic N) is 2. The fourth-order valence-electron chi connectivity index (χ4n) is 2.94. The molecule has 1 aromatic heterocycles. The highest BCUT2D eigenvalue weighted by atomic mass is 19.1. The van der Waals surface area contributed by atoms with E-state index in [2.05, 4.69) is 4.98 Å². The average molecular weight is 382 g/mol. The molecule has 0 saturated carbocycles. The zero-order chi connectivity index (χ0) is 20.3. The van der Waals surface area contributed by atoms with Gasteiger partial charge in [-0.2, -0.15) is 0 Å². The van der Waals surface area contributed by atoms with E-state index in [1.807, 2.05) is 30.3 Å². The van der Waals surface area contributed by atoms with Crippen molar-refractivity contribution in [3.05, 3.63) is 92.4 Å². The summed E-state index contributed by atoms with van der Waals surface area (Å²) >= 11 is 0. The monoisotopic (exact) mass is 382 g/mol. The predicted octanol–water partition coefficient (Wildman–Crippen LogP) is 1.97. The van der Waals surface area contributed by atoms with Crippen molar-refractivity contribution in [1.82, 2.24) is 9.55 Å². The summed E-state index contributed by atoms with van der Waals surface area (Å²) in [7, 11) is 0. The van der Waals surface area contributed by atoms with Gasteiger partial charge in [0, 0.05) is 12.1 Å². The Labute approximate surface area is 159 Å². The van der Waals surface area contributed by atoms with Crippen LogP contribution in [0.15, 0.2) is 64.2 Å². The summed E-state index contributed by atoms with van der Waals surface area (Å²) in [5.74, 6) is -1.30. The second-order valence-corrected chi connectivity index (χ2v) is 6.12. The number of carbonyl (C=O) groups is 1.